The summed E-state index contributed by atoms with van der Waals surface area (Å²) in [7, 11) is 0. The fourth-order valence-corrected chi connectivity index (χ4v) is 6.08. The van der Waals surface area contributed by atoms with Crippen LogP contribution in [-0.4, -0.2) is 15.0 Å². The van der Waals surface area contributed by atoms with Crippen molar-refractivity contribution in [2.45, 2.75) is 0 Å². The lowest BCUT2D eigenvalue weighted by Gasteiger charge is -2.11. The minimum absolute atomic E-state index is 0.0295. The Labute approximate surface area is 231 Å². The SMILES string of the molecule is O=C(c1ccc2ccccc2c1)n1c2ccccc2c2ccc3c(cc(-c4ccccc4)n3-c3ccccc3)c21. The van der Waals surface area contributed by atoms with E-state index in [1.165, 1.54) is 0 Å². The number of carbonyl (C=O) groups is 1. The maximum Gasteiger partial charge on any atom is 0.262 e. The van der Waals surface area contributed by atoms with Gasteiger partial charge in [-0.2, -0.15) is 0 Å². The topological polar surface area (TPSA) is 26.9 Å². The molecule has 8 aromatic rings. The second kappa shape index (κ2) is 8.82. The molecule has 40 heavy (non-hydrogen) atoms. The number of rotatable bonds is 3. The van der Waals surface area contributed by atoms with Crippen LogP contribution in [0.15, 0.2) is 146 Å². The average Bonchev–Trinajstić information content (AvgIpc) is 3.58. The van der Waals surface area contributed by atoms with Crippen LogP contribution < -0.4 is 0 Å². The van der Waals surface area contributed by atoms with Gasteiger partial charge in [-0.15, -0.1) is 0 Å². The van der Waals surface area contributed by atoms with E-state index in [0.717, 1.165) is 60.4 Å². The molecule has 188 valence electrons. The fourth-order valence-electron chi connectivity index (χ4n) is 6.08. The monoisotopic (exact) mass is 512 g/mol. The van der Waals surface area contributed by atoms with Crippen LogP contribution in [0.1, 0.15) is 10.4 Å². The maximum absolute atomic E-state index is 14.4. The molecule has 0 amide bonds. The number of aromatic nitrogens is 2. The van der Waals surface area contributed by atoms with Crippen molar-refractivity contribution in [2.75, 3.05) is 0 Å². The molecule has 0 saturated heterocycles. The van der Waals surface area contributed by atoms with Crippen LogP contribution in [0, 0.1) is 0 Å². The van der Waals surface area contributed by atoms with Gasteiger partial charge in [-0.1, -0.05) is 103 Å². The quantitative estimate of drug-likeness (QED) is 0.232. The summed E-state index contributed by atoms with van der Waals surface area (Å²) in [5, 5.41) is 5.37. The van der Waals surface area contributed by atoms with Gasteiger partial charge in [0.25, 0.3) is 5.91 Å². The minimum Gasteiger partial charge on any atom is -0.309 e. The summed E-state index contributed by atoms with van der Waals surface area (Å²) in [6, 6.07) is 49.8. The number of carbonyl (C=O) groups excluding carboxylic acids is 1. The molecule has 0 aliphatic heterocycles. The molecule has 2 heterocycles. The van der Waals surface area contributed by atoms with Gasteiger partial charge in [0.05, 0.1) is 22.2 Å². The van der Waals surface area contributed by atoms with E-state index in [1.54, 1.807) is 0 Å². The van der Waals surface area contributed by atoms with Gasteiger partial charge in [-0.05, 0) is 58.8 Å². The first-order chi connectivity index (χ1) is 19.8. The molecule has 0 fully saturated rings. The molecular weight excluding hydrogens is 488 g/mol. The van der Waals surface area contributed by atoms with Crippen molar-refractivity contribution in [3.8, 4) is 16.9 Å². The van der Waals surface area contributed by atoms with Crippen molar-refractivity contribution in [2.24, 2.45) is 0 Å². The van der Waals surface area contributed by atoms with Gasteiger partial charge in [-0.25, -0.2) is 0 Å². The molecule has 6 aromatic carbocycles. The Morgan fingerprint density at radius 2 is 1.20 bits per heavy atom. The van der Waals surface area contributed by atoms with Crippen LogP contribution in [-0.2, 0) is 0 Å². The Morgan fingerprint density at radius 1 is 0.500 bits per heavy atom. The second-order valence-corrected chi connectivity index (χ2v) is 10.2. The van der Waals surface area contributed by atoms with Crippen molar-refractivity contribution in [1.82, 2.24) is 9.13 Å². The third-order valence-electron chi connectivity index (χ3n) is 7.90. The highest BCUT2D eigenvalue weighted by Crippen LogP contribution is 2.39. The van der Waals surface area contributed by atoms with Gasteiger partial charge in [0, 0.05) is 27.4 Å². The third kappa shape index (κ3) is 3.35. The average molecular weight is 513 g/mol. The fraction of sp³-hybridized carbons (Fsp3) is 0. The highest BCUT2D eigenvalue weighted by atomic mass is 16.2. The predicted octanol–water partition coefficient (Wildman–Crippen LogP) is 9.25. The summed E-state index contributed by atoms with van der Waals surface area (Å²) in [6.07, 6.45) is 0. The number of hydrogen-bond acceptors (Lipinski definition) is 1. The van der Waals surface area contributed by atoms with Gasteiger partial charge in [-0.3, -0.25) is 9.36 Å². The molecule has 3 heteroatoms. The van der Waals surface area contributed by atoms with Gasteiger partial charge in [0.1, 0.15) is 0 Å². The van der Waals surface area contributed by atoms with Crippen molar-refractivity contribution in [3.05, 3.63) is 151 Å². The third-order valence-corrected chi connectivity index (χ3v) is 7.90. The molecular formula is C37H24N2O. The number of nitrogens with zero attached hydrogens (tertiary/aromatic N) is 2. The zero-order chi connectivity index (χ0) is 26.6. The van der Waals surface area contributed by atoms with Crippen LogP contribution in [0.3, 0.4) is 0 Å². The number of hydrogen-bond donors (Lipinski definition) is 0. The number of fused-ring (bicyclic) bond motifs is 6. The van der Waals surface area contributed by atoms with E-state index in [2.05, 4.69) is 89.5 Å². The molecule has 0 aliphatic carbocycles. The molecule has 0 atom stereocenters. The van der Waals surface area contributed by atoms with Crippen LogP contribution in [0.5, 0.6) is 0 Å². The molecule has 0 radical (unpaired) electrons. The zero-order valence-corrected chi connectivity index (χ0v) is 21.7. The summed E-state index contributed by atoms with van der Waals surface area (Å²) in [5.41, 5.74) is 6.88. The van der Waals surface area contributed by atoms with Gasteiger partial charge in [0.2, 0.25) is 0 Å². The molecule has 0 aliphatic rings. The van der Waals surface area contributed by atoms with E-state index in [4.69, 9.17) is 0 Å². The summed E-state index contributed by atoms with van der Waals surface area (Å²) < 4.78 is 4.22. The van der Waals surface area contributed by atoms with E-state index < -0.39 is 0 Å². The van der Waals surface area contributed by atoms with Gasteiger partial charge >= 0.3 is 0 Å². The number of benzene rings is 6. The van der Waals surface area contributed by atoms with E-state index >= 15 is 0 Å². The van der Waals surface area contributed by atoms with Crippen LogP contribution >= 0.6 is 0 Å². The molecule has 0 N–H and O–H groups in total. The van der Waals surface area contributed by atoms with Crippen LogP contribution in [0.2, 0.25) is 0 Å². The lowest BCUT2D eigenvalue weighted by atomic mass is 10.1. The first kappa shape index (κ1) is 22.6. The highest BCUT2D eigenvalue weighted by Gasteiger charge is 2.22. The molecule has 0 bridgehead atoms. The summed E-state index contributed by atoms with van der Waals surface area (Å²) in [4.78, 5) is 14.4. The largest absolute Gasteiger partial charge is 0.309 e. The lowest BCUT2D eigenvalue weighted by Crippen LogP contribution is -2.11. The molecule has 0 spiro atoms. The summed E-state index contributed by atoms with van der Waals surface area (Å²) in [5.74, 6) is -0.0295. The first-order valence-electron chi connectivity index (χ1n) is 13.5. The Bertz CT molecular complexity index is 2220. The lowest BCUT2D eigenvalue weighted by molar-refractivity contribution is 0.0970. The Kier molecular flexibility index (Phi) is 4.98. The smallest absolute Gasteiger partial charge is 0.262 e. The Balaban J connectivity index is 1.48. The summed E-state index contributed by atoms with van der Waals surface area (Å²) >= 11 is 0. The van der Waals surface area contributed by atoms with Crippen LogP contribution in [0.4, 0.5) is 0 Å². The van der Waals surface area contributed by atoms with Crippen molar-refractivity contribution in [3.63, 3.8) is 0 Å². The highest BCUT2D eigenvalue weighted by molar-refractivity contribution is 6.23. The number of para-hydroxylation sites is 2. The maximum atomic E-state index is 14.4. The van der Waals surface area contributed by atoms with E-state index in [-0.39, 0.29) is 5.91 Å². The standard InChI is InChI=1S/C37H24N2O/c40-37(28-20-19-25-11-7-8-14-27(25)23-28)39-33-18-10-9-17-30(33)31-21-22-34-32(36(31)39)24-35(26-12-3-1-4-13-26)38(34)29-15-5-2-6-16-29/h1-24H. The molecule has 0 saturated carbocycles. The molecule has 3 nitrogen and oxygen atoms in total. The molecule has 2 aromatic heterocycles. The van der Waals surface area contributed by atoms with E-state index in [0.29, 0.717) is 5.56 Å². The Morgan fingerprint density at radius 3 is 2.02 bits per heavy atom. The predicted molar refractivity (Wildman–Crippen MR) is 165 cm³/mol. The zero-order valence-electron chi connectivity index (χ0n) is 21.7. The van der Waals surface area contributed by atoms with Gasteiger partial charge in [0.15, 0.2) is 0 Å². The van der Waals surface area contributed by atoms with E-state index in [9.17, 15) is 4.79 Å². The van der Waals surface area contributed by atoms with Gasteiger partial charge < -0.3 is 4.57 Å². The Hall–Kier alpha value is -5.41. The van der Waals surface area contributed by atoms with Crippen molar-refractivity contribution >= 4 is 49.4 Å². The molecule has 0 unspecified atom stereocenters. The van der Waals surface area contributed by atoms with Crippen LogP contribution in [0.25, 0.3) is 60.4 Å². The molecule has 8 rings (SSSR count). The first-order valence-corrected chi connectivity index (χ1v) is 13.5. The minimum atomic E-state index is -0.0295. The van der Waals surface area contributed by atoms with Crippen molar-refractivity contribution in [1.29, 1.82) is 0 Å². The normalized spacial score (nSPS) is 11.6. The van der Waals surface area contributed by atoms with E-state index in [1.807, 2.05) is 65.2 Å². The van der Waals surface area contributed by atoms with Crippen molar-refractivity contribution < 1.29 is 4.79 Å². The summed E-state index contributed by atoms with van der Waals surface area (Å²) in [6.45, 7) is 0. The second-order valence-electron chi connectivity index (χ2n) is 10.2.